The molecule has 0 fully saturated rings. The Balaban J connectivity index is 2.29. The van der Waals surface area contributed by atoms with E-state index in [2.05, 4.69) is 17.3 Å². The van der Waals surface area contributed by atoms with Gasteiger partial charge in [-0.3, -0.25) is 5.32 Å². The van der Waals surface area contributed by atoms with Crippen molar-refractivity contribution in [3.8, 4) is 12.3 Å². The summed E-state index contributed by atoms with van der Waals surface area (Å²) in [5.74, 6) is 2.52. The molecule has 1 N–H and O–H groups in total. The second kappa shape index (κ2) is 3.64. The van der Waals surface area contributed by atoms with Crippen LogP contribution in [-0.4, -0.2) is 6.54 Å². The van der Waals surface area contributed by atoms with Gasteiger partial charge in [0.2, 0.25) is 0 Å². The number of terminal acetylenes is 1. The van der Waals surface area contributed by atoms with Crippen molar-refractivity contribution in [2.45, 2.75) is 18.9 Å². The fraction of sp³-hybridized carbons (Fsp3) is 0.333. The number of rotatable bonds is 2. The maximum Gasteiger partial charge on any atom is 0.0578 e. The van der Waals surface area contributed by atoms with Crippen LogP contribution in [0.2, 0.25) is 0 Å². The lowest BCUT2D eigenvalue weighted by Gasteiger charge is -2.10. The highest BCUT2D eigenvalue weighted by Gasteiger charge is 2.20. The van der Waals surface area contributed by atoms with Gasteiger partial charge in [0.25, 0.3) is 0 Å². The average Bonchev–Trinajstić information content (AvgIpc) is 2.55. The summed E-state index contributed by atoms with van der Waals surface area (Å²) >= 11 is 0. The zero-order chi connectivity index (χ0) is 10.0. The molecule has 1 aliphatic rings. The van der Waals surface area contributed by atoms with E-state index in [9.17, 15) is 0 Å². The summed E-state index contributed by atoms with van der Waals surface area (Å²) in [6.45, 7) is 0.456. The molecule has 0 radical (unpaired) electrons. The maximum absolute atomic E-state index is 8.26. The number of fused-ring (bicyclic) bond motifs is 1. The minimum absolute atomic E-state index is 0.456. The Morgan fingerprint density at radius 2 is 2.46 bits per heavy atom. The van der Waals surface area contributed by atoms with Crippen LogP contribution in [0.4, 0.5) is 0 Å². The minimum atomic E-state index is -0.664. The Morgan fingerprint density at radius 3 is 3.31 bits per heavy atom. The Kier molecular flexibility index (Phi) is 2.01. The summed E-state index contributed by atoms with van der Waals surface area (Å²) in [5, 5.41) is 3.09. The van der Waals surface area contributed by atoms with Crippen molar-refractivity contribution in [3.63, 3.8) is 0 Å². The molecule has 0 bridgehead atoms. The van der Waals surface area contributed by atoms with Crippen molar-refractivity contribution in [2.75, 3.05) is 6.54 Å². The molecule has 0 heterocycles. The van der Waals surface area contributed by atoms with Crippen molar-refractivity contribution in [1.82, 2.24) is 5.32 Å². The topological polar surface area (TPSA) is 12.0 Å². The molecule has 13 heavy (non-hydrogen) atoms. The molecule has 1 nitrogen and oxygen atoms in total. The summed E-state index contributed by atoms with van der Waals surface area (Å²) in [6, 6.07) is 7.43. The molecule has 1 heteroatoms. The third-order valence-corrected chi connectivity index (χ3v) is 2.39. The number of aryl methyl sites for hydroxylation is 1. The van der Waals surface area contributed by atoms with Crippen LogP contribution in [0.3, 0.4) is 0 Å². The van der Waals surface area contributed by atoms with Crippen molar-refractivity contribution < 1.29 is 1.37 Å². The van der Waals surface area contributed by atoms with E-state index in [0.717, 1.165) is 18.4 Å². The summed E-state index contributed by atoms with van der Waals surface area (Å²) in [5.41, 5.74) is 2.35. The van der Waals surface area contributed by atoms with Gasteiger partial charge >= 0.3 is 0 Å². The van der Waals surface area contributed by atoms with Gasteiger partial charge in [-0.05, 0) is 24.0 Å². The molecule has 2 rings (SSSR count). The smallest absolute Gasteiger partial charge is 0.0578 e. The molecule has 0 unspecified atom stereocenters. The lowest BCUT2D eigenvalue weighted by Crippen LogP contribution is -2.19. The van der Waals surface area contributed by atoms with Gasteiger partial charge in [-0.15, -0.1) is 6.42 Å². The van der Waals surface area contributed by atoms with Crippen molar-refractivity contribution in [3.05, 3.63) is 35.4 Å². The third kappa shape index (κ3) is 1.59. The van der Waals surface area contributed by atoms with E-state index in [4.69, 9.17) is 7.79 Å². The summed E-state index contributed by atoms with van der Waals surface area (Å²) in [6.07, 6.45) is 6.97. The van der Waals surface area contributed by atoms with Crippen molar-refractivity contribution in [2.24, 2.45) is 0 Å². The summed E-state index contributed by atoms with van der Waals surface area (Å²) in [4.78, 5) is 0. The first-order valence-electron chi connectivity index (χ1n) is 5.03. The van der Waals surface area contributed by atoms with Crippen LogP contribution >= 0.6 is 0 Å². The largest absolute Gasteiger partial charge is 0.299 e. The molecule has 66 valence electrons. The molecule has 1 aromatic carbocycles. The van der Waals surface area contributed by atoms with Crippen LogP contribution in [0.15, 0.2) is 24.3 Å². The van der Waals surface area contributed by atoms with Crippen LogP contribution < -0.4 is 5.32 Å². The van der Waals surface area contributed by atoms with Gasteiger partial charge in [0.1, 0.15) is 0 Å². The zero-order valence-corrected chi connectivity index (χ0v) is 7.51. The van der Waals surface area contributed by atoms with Gasteiger partial charge in [-0.25, -0.2) is 0 Å². The lowest BCUT2D eigenvalue weighted by molar-refractivity contribution is 0.568. The second-order valence-electron chi connectivity index (χ2n) is 3.19. The van der Waals surface area contributed by atoms with E-state index in [-0.39, 0.29) is 0 Å². The van der Waals surface area contributed by atoms with Gasteiger partial charge in [-0.1, -0.05) is 30.2 Å². The van der Waals surface area contributed by atoms with Gasteiger partial charge < -0.3 is 0 Å². The predicted molar refractivity (Wildman–Crippen MR) is 54.3 cm³/mol. The van der Waals surface area contributed by atoms with Crippen LogP contribution in [0, 0.1) is 12.3 Å². The quantitative estimate of drug-likeness (QED) is 0.672. The zero-order valence-electron chi connectivity index (χ0n) is 8.51. The first-order valence-corrected chi connectivity index (χ1v) is 4.53. The highest BCUT2D eigenvalue weighted by Crippen LogP contribution is 2.30. The fourth-order valence-electron chi connectivity index (χ4n) is 1.77. The lowest BCUT2D eigenvalue weighted by atomic mass is 10.1. The van der Waals surface area contributed by atoms with Crippen LogP contribution in [-0.2, 0) is 6.42 Å². The number of nitrogens with one attached hydrogen (secondary N) is 1. The molecule has 0 saturated carbocycles. The van der Waals surface area contributed by atoms with Crippen LogP contribution in [0.25, 0.3) is 0 Å². The van der Waals surface area contributed by atoms with Gasteiger partial charge in [-0.2, -0.15) is 0 Å². The van der Waals surface area contributed by atoms with E-state index in [1.54, 1.807) is 0 Å². The number of hydrogen-bond acceptors (Lipinski definition) is 1. The van der Waals surface area contributed by atoms with E-state index < -0.39 is 6.02 Å². The summed E-state index contributed by atoms with van der Waals surface area (Å²) < 4.78 is 8.26. The van der Waals surface area contributed by atoms with Gasteiger partial charge in [0.15, 0.2) is 0 Å². The fourth-order valence-corrected chi connectivity index (χ4v) is 1.77. The molecule has 0 spiro atoms. The normalized spacial score (nSPS) is 26.2. The van der Waals surface area contributed by atoms with E-state index in [0.29, 0.717) is 6.54 Å². The van der Waals surface area contributed by atoms with Crippen molar-refractivity contribution in [1.29, 1.82) is 0 Å². The molecule has 1 aliphatic carbocycles. The third-order valence-electron chi connectivity index (χ3n) is 2.39. The highest BCUT2D eigenvalue weighted by molar-refractivity contribution is 5.34. The number of benzene rings is 1. The van der Waals surface area contributed by atoms with Crippen molar-refractivity contribution >= 4 is 0 Å². The molecular formula is C12H13N. The van der Waals surface area contributed by atoms with Gasteiger partial charge in [0, 0.05) is 6.02 Å². The SMILES string of the molecule is [2H][C@@]1(NCC#C)CCc2ccccc21. The first kappa shape index (κ1) is 7.17. The Labute approximate surface area is 80.6 Å². The standard InChI is InChI=1S/C12H13N/c1-2-9-13-12-8-7-10-5-3-4-6-11(10)12/h1,3-6,12-13H,7-9H2/t12-/m1/s1/i12D. The number of hydrogen-bond donors (Lipinski definition) is 1. The highest BCUT2D eigenvalue weighted by atomic mass is 14.9. The Morgan fingerprint density at radius 1 is 1.62 bits per heavy atom. The molecular weight excluding hydrogens is 158 g/mol. The molecule has 0 aliphatic heterocycles. The monoisotopic (exact) mass is 172 g/mol. The first-order chi connectivity index (χ1) is 6.76. The molecule has 1 atom stereocenters. The summed E-state index contributed by atoms with van der Waals surface area (Å²) in [7, 11) is 0. The average molecular weight is 172 g/mol. The molecule has 0 aromatic heterocycles. The molecule has 0 saturated heterocycles. The Hall–Kier alpha value is -1.26. The molecule has 0 amide bonds. The molecule has 1 aromatic rings. The van der Waals surface area contributed by atoms with E-state index in [1.165, 1.54) is 5.56 Å². The second-order valence-corrected chi connectivity index (χ2v) is 3.19. The Bertz CT molecular complexity index is 380. The van der Waals surface area contributed by atoms with Crippen LogP contribution in [0.1, 0.15) is 24.9 Å². The minimum Gasteiger partial charge on any atom is -0.299 e. The maximum atomic E-state index is 8.26. The van der Waals surface area contributed by atoms with E-state index >= 15 is 0 Å². The van der Waals surface area contributed by atoms with Gasteiger partial charge in [0.05, 0.1) is 7.92 Å². The van der Waals surface area contributed by atoms with Crippen LogP contribution in [0.5, 0.6) is 0 Å². The predicted octanol–water partition coefficient (Wildman–Crippen LogP) is 1.90. The van der Waals surface area contributed by atoms with E-state index in [1.807, 2.05) is 18.2 Å².